The third-order valence-electron chi connectivity index (χ3n) is 6.96. The highest BCUT2D eigenvalue weighted by atomic mass is 32.2. The van der Waals surface area contributed by atoms with Crippen molar-refractivity contribution in [1.82, 2.24) is 15.1 Å². The standard InChI is InChI=1S/C29H32F2N6O4S/c1-37(2)10-9-32-21-3-5-24(27(16-21)33-20-7-11-41-12-8-20)29(38)34-28-25-17-22(4-6-26(25)35-36-28)42(39,40)23-14-18(30)13-19(31)15-23/h3-6,13-17,20,32-33H,7-12H2,1-2H3,(H2,34,35,36,38). The Hall–Kier alpha value is -4.07. The lowest BCUT2D eigenvalue weighted by atomic mass is 10.1. The van der Waals surface area contributed by atoms with Gasteiger partial charge in [-0.15, -0.1) is 0 Å². The van der Waals surface area contributed by atoms with Crippen molar-refractivity contribution in [3.63, 3.8) is 0 Å². The Morgan fingerprint density at radius 2 is 1.76 bits per heavy atom. The van der Waals surface area contributed by atoms with Gasteiger partial charge in [0, 0.05) is 55.2 Å². The molecule has 1 amide bonds. The summed E-state index contributed by atoms with van der Waals surface area (Å²) in [5, 5.41) is 16.9. The summed E-state index contributed by atoms with van der Waals surface area (Å²) in [6, 6.07) is 11.8. The van der Waals surface area contributed by atoms with Crippen LogP contribution in [0.3, 0.4) is 0 Å². The second-order valence-corrected chi connectivity index (χ2v) is 12.3. The van der Waals surface area contributed by atoms with E-state index in [1.54, 1.807) is 6.07 Å². The normalized spacial score (nSPS) is 14.3. The minimum Gasteiger partial charge on any atom is -0.384 e. The number of amides is 1. The summed E-state index contributed by atoms with van der Waals surface area (Å²) in [4.78, 5) is 14.9. The lowest BCUT2D eigenvalue weighted by Crippen LogP contribution is -2.29. The Balaban J connectivity index is 1.43. The molecule has 4 aromatic rings. The molecule has 0 radical (unpaired) electrons. The Bertz CT molecular complexity index is 1680. The molecule has 0 bridgehead atoms. The molecule has 1 fully saturated rings. The zero-order chi connectivity index (χ0) is 29.9. The number of sulfone groups is 1. The zero-order valence-electron chi connectivity index (χ0n) is 23.2. The number of carbonyl (C=O) groups is 1. The van der Waals surface area contributed by atoms with E-state index in [-0.39, 0.29) is 16.8 Å². The molecule has 0 spiro atoms. The van der Waals surface area contributed by atoms with Crippen molar-refractivity contribution >= 4 is 43.8 Å². The van der Waals surface area contributed by atoms with E-state index < -0.39 is 32.3 Å². The largest absolute Gasteiger partial charge is 0.384 e. The van der Waals surface area contributed by atoms with E-state index >= 15 is 0 Å². The average Bonchev–Trinajstić information content (AvgIpc) is 3.35. The minimum atomic E-state index is -4.26. The van der Waals surface area contributed by atoms with Crippen molar-refractivity contribution in [2.24, 2.45) is 0 Å². The van der Waals surface area contributed by atoms with Gasteiger partial charge >= 0.3 is 0 Å². The number of carbonyl (C=O) groups excluding carboxylic acids is 1. The van der Waals surface area contributed by atoms with E-state index in [2.05, 4.69) is 31.0 Å². The van der Waals surface area contributed by atoms with Crippen LogP contribution in [0.2, 0.25) is 0 Å². The monoisotopic (exact) mass is 598 g/mol. The summed E-state index contributed by atoms with van der Waals surface area (Å²) in [7, 11) is -0.273. The number of hydrogen-bond donors (Lipinski definition) is 4. The molecule has 1 aromatic heterocycles. The second kappa shape index (κ2) is 12.4. The van der Waals surface area contributed by atoms with Gasteiger partial charge in [0.15, 0.2) is 5.82 Å². The van der Waals surface area contributed by atoms with E-state index in [0.717, 1.165) is 43.8 Å². The molecular weight excluding hydrogens is 566 g/mol. The molecule has 42 heavy (non-hydrogen) atoms. The highest BCUT2D eigenvalue weighted by Gasteiger charge is 2.23. The van der Waals surface area contributed by atoms with Crippen molar-refractivity contribution in [3.05, 3.63) is 71.8 Å². The Morgan fingerprint density at radius 1 is 1.02 bits per heavy atom. The molecule has 4 N–H and O–H groups in total. The van der Waals surface area contributed by atoms with Crippen LogP contribution in [0.15, 0.2) is 64.4 Å². The van der Waals surface area contributed by atoms with Crippen LogP contribution in [0.1, 0.15) is 23.2 Å². The van der Waals surface area contributed by atoms with Crippen molar-refractivity contribution in [1.29, 1.82) is 0 Å². The third kappa shape index (κ3) is 6.69. The van der Waals surface area contributed by atoms with Gasteiger partial charge in [0.1, 0.15) is 11.6 Å². The summed E-state index contributed by atoms with van der Waals surface area (Å²) in [5.74, 6) is -2.34. The topological polar surface area (TPSA) is 128 Å². The molecular formula is C29H32F2N6O4S. The number of aromatic amines is 1. The number of rotatable bonds is 10. The molecule has 2 heterocycles. The minimum absolute atomic E-state index is 0.114. The van der Waals surface area contributed by atoms with Gasteiger partial charge in [0.2, 0.25) is 9.84 Å². The lowest BCUT2D eigenvalue weighted by Gasteiger charge is -2.25. The maximum absolute atomic E-state index is 13.8. The SMILES string of the molecule is CN(C)CCNc1ccc(C(=O)Nc2n[nH]c3ccc(S(=O)(=O)c4cc(F)cc(F)c4)cc23)c(NC2CCOCC2)c1. The van der Waals surface area contributed by atoms with Gasteiger partial charge in [-0.25, -0.2) is 17.2 Å². The number of nitrogens with one attached hydrogen (secondary N) is 4. The Labute approximate surface area is 242 Å². The number of nitrogens with zero attached hydrogens (tertiary/aromatic N) is 2. The fourth-order valence-corrected chi connectivity index (χ4v) is 6.04. The summed E-state index contributed by atoms with van der Waals surface area (Å²) in [6.07, 6.45) is 1.60. The van der Waals surface area contributed by atoms with Gasteiger partial charge in [-0.05, 0) is 75.5 Å². The summed E-state index contributed by atoms with van der Waals surface area (Å²) in [5.41, 5.74) is 2.35. The molecule has 1 aliphatic rings. The van der Waals surface area contributed by atoms with Gasteiger partial charge in [-0.3, -0.25) is 9.89 Å². The number of benzene rings is 3. The van der Waals surface area contributed by atoms with E-state index in [1.165, 1.54) is 18.2 Å². The molecule has 13 heteroatoms. The van der Waals surface area contributed by atoms with Gasteiger partial charge in [-0.2, -0.15) is 5.10 Å². The summed E-state index contributed by atoms with van der Waals surface area (Å²) >= 11 is 0. The van der Waals surface area contributed by atoms with Crippen LogP contribution in [-0.2, 0) is 14.6 Å². The molecule has 0 aliphatic carbocycles. The van der Waals surface area contributed by atoms with E-state index in [9.17, 15) is 22.0 Å². The summed E-state index contributed by atoms with van der Waals surface area (Å²) < 4.78 is 59.3. The summed E-state index contributed by atoms with van der Waals surface area (Å²) in [6.45, 7) is 2.82. The average molecular weight is 599 g/mol. The number of likely N-dealkylation sites (N-methyl/N-ethyl adjacent to an activating group) is 1. The first-order valence-corrected chi connectivity index (χ1v) is 15.0. The van der Waals surface area contributed by atoms with Crippen molar-refractivity contribution in [2.45, 2.75) is 28.7 Å². The Morgan fingerprint density at radius 3 is 2.48 bits per heavy atom. The molecule has 5 rings (SSSR count). The molecule has 222 valence electrons. The number of aromatic nitrogens is 2. The number of ether oxygens (including phenoxy) is 1. The zero-order valence-corrected chi connectivity index (χ0v) is 24.0. The molecule has 3 aromatic carbocycles. The highest BCUT2D eigenvalue weighted by Crippen LogP contribution is 2.30. The van der Waals surface area contributed by atoms with Crippen LogP contribution < -0.4 is 16.0 Å². The van der Waals surface area contributed by atoms with Gasteiger partial charge in [-0.1, -0.05) is 0 Å². The molecule has 0 atom stereocenters. The number of hydrogen-bond acceptors (Lipinski definition) is 8. The fourth-order valence-electron chi connectivity index (χ4n) is 4.71. The molecule has 0 unspecified atom stereocenters. The molecule has 1 saturated heterocycles. The fraction of sp³-hybridized carbons (Fsp3) is 0.310. The van der Waals surface area contributed by atoms with Crippen molar-refractivity contribution < 1.29 is 26.7 Å². The van der Waals surface area contributed by atoms with Gasteiger partial charge in [0.25, 0.3) is 5.91 Å². The first-order chi connectivity index (χ1) is 20.1. The van der Waals surface area contributed by atoms with Crippen LogP contribution in [0.25, 0.3) is 10.9 Å². The maximum Gasteiger partial charge on any atom is 0.258 e. The van der Waals surface area contributed by atoms with E-state index in [0.29, 0.717) is 41.4 Å². The van der Waals surface area contributed by atoms with Gasteiger partial charge < -0.3 is 25.6 Å². The van der Waals surface area contributed by atoms with Gasteiger partial charge in [0.05, 0.1) is 20.9 Å². The first kappa shape index (κ1) is 29.4. The molecule has 10 nitrogen and oxygen atoms in total. The molecule has 0 saturated carbocycles. The van der Waals surface area contributed by atoms with E-state index in [4.69, 9.17) is 4.74 Å². The third-order valence-corrected chi connectivity index (χ3v) is 8.69. The smallest absolute Gasteiger partial charge is 0.258 e. The van der Waals surface area contributed by atoms with Crippen LogP contribution in [0.4, 0.5) is 26.0 Å². The lowest BCUT2D eigenvalue weighted by molar-refractivity contribution is 0.0904. The highest BCUT2D eigenvalue weighted by molar-refractivity contribution is 7.91. The predicted octanol–water partition coefficient (Wildman–Crippen LogP) is 4.49. The number of fused-ring (bicyclic) bond motifs is 1. The molecule has 1 aliphatic heterocycles. The van der Waals surface area contributed by atoms with Crippen LogP contribution >= 0.6 is 0 Å². The van der Waals surface area contributed by atoms with E-state index in [1.807, 2.05) is 26.2 Å². The van der Waals surface area contributed by atoms with Crippen LogP contribution in [0, 0.1) is 11.6 Å². The predicted molar refractivity (Wildman–Crippen MR) is 157 cm³/mol. The second-order valence-electron chi connectivity index (χ2n) is 10.4. The quantitative estimate of drug-likeness (QED) is 0.210. The van der Waals surface area contributed by atoms with Crippen LogP contribution in [-0.4, -0.2) is 75.9 Å². The maximum atomic E-state index is 13.8. The van der Waals surface area contributed by atoms with Crippen molar-refractivity contribution in [3.8, 4) is 0 Å². The van der Waals surface area contributed by atoms with Crippen LogP contribution in [0.5, 0.6) is 0 Å². The van der Waals surface area contributed by atoms with Crippen molar-refractivity contribution in [2.75, 3.05) is 56.3 Å². The Kier molecular flexibility index (Phi) is 8.71. The number of anilines is 3. The number of halogens is 2. The number of H-pyrrole nitrogens is 1. The first-order valence-electron chi connectivity index (χ1n) is 13.5.